The number of carbonyl (C=O) groups is 1. The zero-order chi connectivity index (χ0) is 28.3. The largest absolute Gasteiger partial charge is 0.425 e. The van der Waals surface area contributed by atoms with Crippen molar-refractivity contribution in [3.63, 3.8) is 0 Å². The molecule has 7 nitrogen and oxygen atoms in total. The summed E-state index contributed by atoms with van der Waals surface area (Å²) >= 11 is 1.66. The van der Waals surface area contributed by atoms with Crippen LogP contribution in [0.25, 0.3) is 21.5 Å². The number of fused-ring (bicyclic) bond motifs is 1. The lowest BCUT2D eigenvalue weighted by atomic mass is 9.89. The molecule has 2 N–H and O–H groups in total. The molecule has 1 aliphatic heterocycles. The Morgan fingerprint density at radius 1 is 1.12 bits per heavy atom. The van der Waals surface area contributed by atoms with Crippen LogP contribution in [0.5, 0.6) is 5.75 Å². The van der Waals surface area contributed by atoms with Crippen molar-refractivity contribution in [3.8, 4) is 23.2 Å². The van der Waals surface area contributed by atoms with Gasteiger partial charge in [0.15, 0.2) is 6.19 Å². The van der Waals surface area contributed by atoms with E-state index in [1.165, 1.54) is 11.1 Å². The fourth-order valence-corrected chi connectivity index (χ4v) is 6.58. The van der Waals surface area contributed by atoms with E-state index in [9.17, 15) is 10.1 Å². The van der Waals surface area contributed by atoms with E-state index in [1.807, 2.05) is 55.3 Å². The number of aromatic amines is 1. The zero-order valence-electron chi connectivity index (χ0n) is 23.5. The van der Waals surface area contributed by atoms with Crippen LogP contribution >= 0.6 is 11.3 Å². The van der Waals surface area contributed by atoms with Gasteiger partial charge in [-0.3, -0.25) is 4.79 Å². The van der Waals surface area contributed by atoms with E-state index < -0.39 is 5.41 Å². The summed E-state index contributed by atoms with van der Waals surface area (Å²) in [5, 5.41) is 12.9. The Kier molecular flexibility index (Phi) is 7.95. The summed E-state index contributed by atoms with van der Waals surface area (Å²) in [4.78, 5) is 25.8. The molecule has 5 rings (SSSR count). The number of amides is 1. The van der Waals surface area contributed by atoms with Crippen molar-refractivity contribution in [2.24, 2.45) is 4.99 Å². The monoisotopic (exact) mass is 553 g/mol. The number of ether oxygens (including phenoxy) is 1. The predicted molar refractivity (Wildman–Crippen MR) is 162 cm³/mol. The van der Waals surface area contributed by atoms with Crippen LogP contribution in [0.4, 0.5) is 0 Å². The minimum atomic E-state index is -0.599. The van der Waals surface area contributed by atoms with E-state index in [0.29, 0.717) is 18.7 Å². The number of nitrogens with one attached hydrogen (secondary N) is 2. The molecule has 206 valence electrons. The number of para-hydroxylation sites is 1. The minimum Gasteiger partial charge on any atom is -0.425 e. The van der Waals surface area contributed by atoms with Crippen molar-refractivity contribution in [2.75, 3.05) is 19.6 Å². The highest BCUT2D eigenvalue weighted by Gasteiger charge is 2.37. The molecule has 40 heavy (non-hydrogen) atoms. The zero-order valence-corrected chi connectivity index (χ0v) is 24.3. The lowest BCUT2D eigenvalue weighted by molar-refractivity contribution is -0.135. The molecule has 1 aliphatic rings. The van der Waals surface area contributed by atoms with Crippen LogP contribution in [-0.2, 0) is 16.6 Å². The normalized spacial score (nSPS) is 14.0. The van der Waals surface area contributed by atoms with Crippen molar-refractivity contribution in [1.82, 2.24) is 15.2 Å². The first-order valence-corrected chi connectivity index (χ1v) is 14.5. The third-order valence-electron chi connectivity index (χ3n) is 7.39. The third-order valence-corrected chi connectivity index (χ3v) is 8.76. The van der Waals surface area contributed by atoms with Gasteiger partial charge in [-0.25, -0.2) is 10.3 Å². The van der Waals surface area contributed by atoms with Gasteiger partial charge in [-0.2, -0.15) is 5.26 Å². The molecule has 0 atom stereocenters. The van der Waals surface area contributed by atoms with Crippen LogP contribution in [-0.4, -0.2) is 41.4 Å². The van der Waals surface area contributed by atoms with Crippen molar-refractivity contribution in [1.29, 1.82) is 5.26 Å². The van der Waals surface area contributed by atoms with E-state index in [-0.39, 0.29) is 11.9 Å². The first-order valence-electron chi connectivity index (χ1n) is 13.7. The number of benzene rings is 2. The van der Waals surface area contributed by atoms with Crippen LogP contribution in [0.3, 0.4) is 0 Å². The van der Waals surface area contributed by atoms with Crippen LogP contribution in [0, 0.1) is 25.3 Å². The van der Waals surface area contributed by atoms with E-state index in [0.717, 1.165) is 57.8 Å². The van der Waals surface area contributed by atoms with Crippen molar-refractivity contribution in [3.05, 3.63) is 76.2 Å². The maximum Gasteiger partial charge on any atom is 0.303 e. The Morgan fingerprint density at radius 2 is 1.82 bits per heavy atom. The maximum absolute atomic E-state index is 13.4. The number of nitriles is 1. The average Bonchev–Trinajstić information content (AvgIpc) is 3.66. The molecule has 0 radical (unpaired) electrons. The Balaban J connectivity index is 1.50. The number of hydrogen-bond acceptors (Lipinski definition) is 5. The van der Waals surface area contributed by atoms with Gasteiger partial charge in [0, 0.05) is 29.9 Å². The molecular weight excluding hydrogens is 518 g/mol. The Labute approximate surface area is 239 Å². The molecule has 0 spiro atoms. The Bertz CT molecular complexity index is 1570. The average molecular weight is 554 g/mol. The molecule has 0 saturated carbocycles. The molecule has 1 amide bonds. The number of rotatable bonds is 7. The standard InChI is InChI=1S/C32H35N5O2S/c1-21-16-22(2)18-23(17-21)28-25(12-13-34-31(35-20-33)39-24-10-6-5-7-11-24)26-19-27(40-29(26)36-28)32(3,4)30(38)37-14-8-9-15-37/h5-7,10-11,16-19,36H,8-9,12-15H2,1-4H3,(H,34,35). The first kappa shape index (κ1) is 27.5. The summed E-state index contributed by atoms with van der Waals surface area (Å²) in [6, 6.07) is 18.2. The van der Waals surface area contributed by atoms with E-state index in [4.69, 9.17) is 4.74 Å². The molecular formula is C32H35N5O2S. The van der Waals surface area contributed by atoms with Crippen LogP contribution in [0.1, 0.15) is 48.3 Å². The van der Waals surface area contributed by atoms with Crippen LogP contribution in [0.2, 0.25) is 0 Å². The van der Waals surface area contributed by atoms with E-state index in [2.05, 4.69) is 53.4 Å². The molecule has 0 aliphatic carbocycles. The second kappa shape index (κ2) is 11.6. The molecule has 1 fully saturated rings. The first-order chi connectivity index (χ1) is 19.3. The van der Waals surface area contributed by atoms with Crippen LogP contribution in [0.15, 0.2) is 59.6 Å². The molecule has 0 unspecified atom stereocenters. The molecule has 8 heteroatoms. The smallest absolute Gasteiger partial charge is 0.303 e. The third kappa shape index (κ3) is 5.75. The summed E-state index contributed by atoms with van der Waals surface area (Å²) in [6.07, 6.45) is 4.71. The van der Waals surface area contributed by atoms with Gasteiger partial charge in [0.05, 0.1) is 11.1 Å². The highest BCUT2D eigenvalue weighted by molar-refractivity contribution is 7.19. The summed E-state index contributed by atoms with van der Waals surface area (Å²) in [7, 11) is 0. The van der Waals surface area contributed by atoms with Crippen molar-refractivity contribution >= 4 is 33.5 Å². The summed E-state index contributed by atoms with van der Waals surface area (Å²) in [5.74, 6) is 0.802. The predicted octanol–water partition coefficient (Wildman–Crippen LogP) is 6.46. The maximum atomic E-state index is 13.4. The second-order valence-corrected chi connectivity index (χ2v) is 12.0. The van der Waals surface area contributed by atoms with Gasteiger partial charge in [0.25, 0.3) is 0 Å². The lowest BCUT2D eigenvalue weighted by Crippen LogP contribution is -2.41. The highest BCUT2D eigenvalue weighted by atomic mass is 32.1. The SMILES string of the molecule is Cc1cc(C)cc(-c2[nH]c3sc(C(C)(C)C(=O)N4CCCC4)cc3c2CCN=C(NC#N)Oc2ccccc2)c1. The number of carbonyl (C=O) groups excluding carboxylic acids is 1. The van der Waals surface area contributed by atoms with Gasteiger partial charge >= 0.3 is 6.02 Å². The Hall–Kier alpha value is -4.09. The van der Waals surface area contributed by atoms with Gasteiger partial charge in [-0.1, -0.05) is 35.4 Å². The molecule has 4 aromatic rings. The summed E-state index contributed by atoms with van der Waals surface area (Å²) in [6.45, 7) is 10.4. The topological polar surface area (TPSA) is 93.5 Å². The number of likely N-dealkylation sites (tertiary alicyclic amines) is 1. The van der Waals surface area contributed by atoms with Crippen molar-refractivity contribution < 1.29 is 9.53 Å². The van der Waals surface area contributed by atoms with Gasteiger partial charge in [0.1, 0.15) is 10.6 Å². The number of thiophene rings is 1. The van der Waals surface area contributed by atoms with Gasteiger partial charge in [0.2, 0.25) is 5.91 Å². The number of H-pyrrole nitrogens is 1. The molecule has 2 aromatic carbocycles. The van der Waals surface area contributed by atoms with Crippen LogP contribution < -0.4 is 10.1 Å². The highest BCUT2D eigenvalue weighted by Crippen LogP contribution is 2.41. The Morgan fingerprint density at radius 3 is 2.50 bits per heavy atom. The molecule has 0 bridgehead atoms. The van der Waals surface area contributed by atoms with Gasteiger partial charge in [-0.15, -0.1) is 11.3 Å². The molecule has 2 aromatic heterocycles. The van der Waals surface area contributed by atoms with Crippen molar-refractivity contribution in [2.45, 2.75) is 52.4 Å². The fourth-order valence-electron chi connectivity index (χ4n) is 5.40. The quantitative estimate of drug-likeness (QED) is 0.119. The minimum absolute atomic E-state index is 0.164. The summed E-state index contributed by atoms with van der Waals surface area (Å²) < 4.78 is 5.80. The number of amidine groups is 1. The summed E-state index contributed by atoms with van der Waals surface area (Å²) in [5.41, 5.74) is 5.14. The second-order valence-electron chi connectivity index (χ2n) is 10.9. The lowest BCUT2D eigenvalue weighted by Gasteiger charge is -2.28. The van der Waals surface area contributed by atoms with E-state index >= 15 is 0 Å². The van der Waals surface area contributed by atoms with Gasteiger partial charge in [-0.05, 0) is 88.4 Å². The molecule has 1 saturated heterocycles. The number of hydrogen-bond donors (Lipinski definition) is 2. The molecule has 3 heterocycles. The van der Waals surface area contributed by atoms with E-state index in [1.54, 1.807) is 11.3 Å². The number of aryl methyl sites for hydroxylation is 2. The fraction of sp³-hybridized carbons (Fsp3) is 0.344. The number of nitrogens with zero attached hydrogens (tertiary/aromatic N) is 3. The van der Waals surface area contributed by atoms with Gasteiger partial charge < -0.3 is 14.6 Å². The number of aliphatic imine (C=N–C) groups is 1. The number of aromatic nitrogens is 1.